The molecule has 4 rings (SSSR count). The van der Waals surface area contributed by atoms with Crippen molar-refractivity contribution >= 4 is 40.1 Å². The van der Waals surface area contributed by atoms with E-state index in [0.29, 0.717) is 28.1 Å². The van der Waals surface area contributed by atoms with Crippen LogP contribution in [0.2, 0.25) is 5.02 Å². The van der Waals surface area contributed by atoms with Gasteiger partial charge >= 0.3 is 0 Å². The topological polar surface area (TPSA) is 78.5 Å². The molecule has 0 aliphatic heterocycles. The minimum absolute atomic E-state index is 0.114. The van der Waals surface area contributed by atoms with E-state index in [-0.39, 0.29) is 11.9 Å². The third-order valence-corrected chi connectivity index (χ3v) is 4.87. The van der Waals surface area contributed by atoms with Gasteiger partial charge in [0.1, 0.15) is 11.6 Å². The summed E-state index contributed by atoms with van der Waals surface area (Å²) in [4.78, 5) is 9.23. The molecule has 29 heavy (non-hydrogen) atoms. The molecule has 1 atom stereocenters. The number of fused-ring (bicyclic) bond motifs is 1. The maximum atomic E-state index is 13.2. The number of nitrogens with one attached hydrogen (secondary N) is 3. The molecule has 0 saturated heterocycles. The van der Waals surface area contributed by atoms with Crippen LogP contribution in [0.1, 0.15) is 31.1 Å². The number of aryl methyl sites for hydroxylation is 1. The molecule has 0 aliphatic carbocycles. The number of aromatic nitrogens is 4. The highest BCUT2D eigenvalue weighted by molar-refractivity contribution is 6.31. The van der Waals surface area contributed by atoms with Crippen LogP contribution < -0.4 is 10.6 Å². The van der Waals surface area contributed by atoms with Gasteiger partial charge in [0.15, 0.2) is 5.82 Å². The molecule has 0 unspecified atom stereocenters. The Morgan fingerprint density at radius 1 is 1.10 bits per heavy atom. The Morgan fingerprint density at radius 3 is 2.62 bits per heavy atom. The van der Waals surface area contributed by atoms with Crippen LogP contribution in [0.15, 0.2) is 48.5 Å². The number of hydrogen-bond acceptors (Lipinski definition) is 5. The number of aromatic amines is 1. The van der Waals surface area contributed by atoms with E-state index >= 15 is 0 Å². The van der Waals surface area contributed by atoms with E-state index in [4.69, 9.17) is 11.6 Å². The Morgan fingerprint density at radius 2 is 1.90 bits per heavy atom. The molecular weight excluding hydrogens is 391 g/mol. The highest BCUT2D eigenvalue weighted by atomic mass is 35.5. The molecule has 148 valence electrons. The Kier molecular flexibility index (Phi) is 5.31. The van der Waals surface area contributed by atoms with Crippen molar-refractivity contribution in [1.82, 2.24) is 20.2 Å². The van der Waals surface area contributed by atoms with Crippen molar-refractivity contribution in [2.24, 2.45) is 0 Å². The van der Waals surface area contributed by atoms with E-state index < -0.39 is 0 Å². The molecule has 0 spiro atoms. The molecular formula is C21H20ClFN6. The monoisotopic (exact) mass is 410 g/mol. The second-order valence-corrected chi connectivity index (χ2v) is 7.17. The molecule has 3 N–H and O–H groups in total. The summed E-state index contributed by atoms with van der Waals surface area (Å²) in [5.41, 5.74) is 2.66. The number of hydrogen-bond donors (Lipinski definition) is 3. The molecule has 2 heterocycles. The lowest BCUT2D eigenvalue weighted by Gasteiger charge is -2.16. The molecule has 0 radical (unpaired) electrons. The number of rotatable bonds is 6. The van der Waals surface area contributed by atoms with Gasteiger partial charge in [0.25, 0.3) is 0 Å². The molecule has 0 amide bonds. The Hall–Kier alpha value is -3.19. The largest absolute Gasteiger partial charge is 0.348 e. The summed E-state index contributed by atoms with van der Waals surface area (Å²) < 4.78 is 13.2. The summed E-state index contributed by atoms with van der Waals surface area (Å²) >= 11 is 6.17. The lowest BCUT2D eigenvalue weighted by Crippen LogP contribution is -2.10. The molecule has 2 aromatic carbocycles. The second-order valence-electron chi connectivity index (χ2n) is 6.73. The highest BCUT2D eigenvalue weighted by Gasteiger charge is 2.13. The zero-order valence-electron chi connectivity index (χ0n) is 16.0. The average molecular weight is 411 g/mol. The fourth-order valence-electron chi connectivity index (χ4n) is 3.02. The van der Waals surface area contributed by atoms with E-state index in [1.807, 2.05) is 19.1 Å². The van der Waals surface area contributed by atoms with Gasteiger partial charge in [-0.2, -0.15) is 10.1 Å². The average Bonchev–Trinajstić information content (AvgIpc) is 3.15. The van der Waals surface area contributed by atoms with Crippen LogP contribution in [0.4, 0.5) is 22.0 Å². The molecule has 0 bridgehead atoms. The maximum absolute atomic E-state index is 13.2. The standard InChI is InChI=1S/C21H20ClFN6/c1-3-16-11-19(29-28-16)26-20-17-9-6-14(22)10-18(17)25-21(27-20)24-12(2)13-4-7-15(23)8-5-13/h4-12H,3H2,1-2H3,(H3,24,25,26,27,28,29)/t12-/m0/s1. The van der Waals surface area contributed by atoms with E-state index in [9.17, 15) is 4.39 Å². The van der Waals surface area contributed by atoms with Gasteiger partial charge in [0.05, 0.1) is 11.6 Å². The van der Waals surface area contributed by atoms with Gasteiger partial charge in [0, 0.05) is 22.2 Å². The zero-order chi connectivity index (χ0) is 20.4. The van der Waals surface area contributed by atoms with Gasteiger partial charge in [-0.1, -0.05) is 30.7 Å². The predicted octanol–water partition coefficient (Wildman–Crippen LogP) is 5.62. The van der Waals surface area contributed by atoms with Gasteiger partial charge in [-0.05, 0) is 49.2 Å². The van der Waals surface area contributed by atoms with Gasteiger partial charge in [-0.15, -0.1) is 0 Å². The Labute approximate surface area is 172 Å². The molecule has 4 aromatic rings. The summed E-state index contributed by atoms with van der Waals surface area (Å²) in [5, 5.41) is 15.2. The second kappa shape index (κ2) is 8.05. The van der Waals surface area contributed by atoms with Crippen LogP contribution in [0.5, 0.6) is 0 Å². The summed E-state index contributed by atoms with van der Waals surface area (Å²) in [6.07, 6.45) is 0.858. The lowest BCUT2D eigenvalue weighted by atomic mass is 10.1. The summed E-state index contributed by atoms with van der Waals surface area (Å²) in [6.45, 7) is 4.02. The quantitative estimate of drug-likeness (QED) is 0.384. The zero-order valence-corrected chi connectivity index (χ0v) is 16.8. The van der Waals surface area contributed by atoms with Gasteiger partial charge in [-0.25, -0.2) is 9.37 Å². The fraction of sp³-hybridized carbons (Fsp3) is 0.190. The van der Waals surface area contributed by atoms with Crippen LogP contribution in [-0.4, -0.2) is 20.2 Å². The third kappa shape index (κ3) is 4.30. The van der Waals surface area contributed by atoms with Crippen LogP contribution >= 0.6 is 11.6 Å². The first-order chi connectivity index (χ1) is 14.0. The number of benzene rings is 2. The number of anilines is 3. The maximum Gasteiger partial charge on any atom is 0.225 e. The molecule has 0 saturated carbocycles. The van der Waals surface area contributed by atoms with Crippen molar-refractivity contribution in [3.63, 3.8) is 0 Å². The molecule has 0 aliphatic rings. The van der Waals surface area contributed by atoms with Crippen LogP contribution in [0.3, 0.4) is 0 Å². The first-order valence-corrected chi connectivity index (χ1v) is 9.70. The van der Waals surface area contributed by atoms with Crippen molar-refractivity contribution < 1.29 is 4.39 Å². The summed E-state index contributed by atoms with van der Waals surface area (Å²) in [7, 11) is 0. The number of halogens is 2. The lowest BCUT2D eigenvalue weighted by molar-refractivity contribution is 0.626. The van der Waals surface area contributed by atoms with E-state index in [1.165, 1.54) is 12.1 Å². The third-order valence-electron chi connectivity index (χ3n) is 4.63. The fourth-order valence-corrected chi connectivity index (χ4v) is 3.19. The minimum atomic E-state index is -0.269. The Bertz CT molecular complexity index is 1140. The first-order valence-electron chi connectivity index (χ1n) is 9.32. The molecule has 2 aromatic heterocycles. The first kappa shape index (κ1) is 19.1. The SMILES string of the molecule is CCc1cc(Nc2nc(N[C@@H](C)c3ccc(F)cc3)nc3cc(Cl)ccc23)n[nH]1. The Balaban J connectivity index is 1.69. The molecule has 6 nitrogen and oxygen atoms in total. The number of nitrogens with zero attached hydrogens (tertiary/aromatic N) is 3. The van der Waals surface area contributed by atoms with Crippen molar-refractivity contribution in [3.05, 3.63) is 70.6 Å². The van der Waals surface area contributed by atoms with E-state index in [1.54, 1.807) is 24.3 Å². The van der Waals surface area contributed by atoms with Crippen molar-refractivity contribution in [2.75, 3.05) is 10.6 Å². The van der Waals surface area contributed by atoms with Crippen molar-refractivity contribution in [1.29, 1.82) is 0 Å². The molecule has 0 fully saturated rings. The van der Waals surface area contributed by atoms with Gasteiger partial charge in [-0.3, -0.25) is 5.10 Å². The number of H-pyrrole nitrogens is 1. The van der Waals surface area contributed by atoms with Gasteiger partial charge < -0.3 is 10.6 Å². The molecule has 8 heteroatoms. The van der Waals surface area contributed by atoms with Gasteiger partial charge in [0.2, 0.25) is 5.95 Å². The minimum Gasteiger partial charge on any atom is -0.348 e. The summed E-state index contributed by atoms with van der Waals surface area (Å²) in [6, 6.07) is 13.6. The normalized spacial score (nSPS) is 12.1. The van der Waals surface area contributed by atoms with Crippen LogP contribution in [-0.2, 0) is 6.42 Å². The smallest absolute Gasteiger partial charge is 0.225 e. The summed E-state index contributed by atoms with van der Waals surface area (Å²) in [5.74, 6) is 1.46. The van der Waals surface area contributed by atoms with Crippen LogP contribution in [0.25, 0.3) is 10.9 Å². The van der Waals surface area contributed by atoms with Crippen molar-refractivity contribution in [2.45, 2.75) is 26.3 Å². The van der Waals surface area contributed by atoms with Crippen molar-refractivity contribution in [3.8, 4) is 0 Å². The van der Waals surface area contributed by atoms with E-state index in [0.717, 1.165) is 23.1 Å². The predicted molar refractivity (Wildman–Crippen MR) is 114 cm³/mol. The van der Waals surface area contributed by atoms with Crippen LogP contribution in [0, 0.1) is 5.82 Å². The van der Waals surface area contributed by atoms with E-state index in [2.05, 4.69) is 37.7 Å². The highest BCUT2D eigenvalue weighted by Crippen LogP contribution is 2.28.